The lowest BCUT2D eigenvalue weighted by atomic mass is 10.1. The third-order valence-corrected chi connectivity index (χ3v) is 7.97. The zero-order valence-corrected chi connectivity index (χ0v) is 31.2. The van der Waals surface area contributed by atoms with Gasteiger partial charge in [0.05, 0.1) is 6.61 Å². The number of hydrogen-bond donors (Lipinski definition) is 2. The highest BCUT2D eigenvalue weighted by atomic mass is 31.2. The molecule has 0 aromatic carbocycles. The van der Waals surface area contributed by atoms with E-state index in [1.165, 1.54) is 38.5 Å². The van der Waals surface area contributed by atoms with Crippen molar-refractivity contribution in [2.24, 2.45) is 0 Å². The lowest BCUT2D eigenvalue weighted by molar-refractivity contribution is -0.161. The summed E-state index contributed by atoms with van der Waals surface area (Å²) in [5.41, 5.74) is 0. The Hall–Kier alpha value is -2.58. The highest BCUT2D eigenvalue weighted by Crippen LogP contribution is 2.35. The second-order valence-corrected chi connectivity index (χ2v) is 13.5. The van der Waals surface area contributed by atoms with Crippen LogP contribution in [0.3, 0.4) is 0 Å². The van der Waals surface area contributed by atoms with Crippen molar-refractivity contribution in [3.8, 4) is 0 Å². The van der Waals surface area contributed by atoms with Gasteiger partial charge in [-0.15, -0.1) is 0 Å². The molecule has 0 amide bonds. The maximum Gasteiger partial charge on any atom is 0.469 e. The zero-order chi connectivity index (χ0) is 36.3. The molecule has 0 heterocycles. The number of ether oxygens (including phenoxy) is 2. The molecule has 0 aromatic rings. The standard InChI is InChI=1S/C39H65O9P/c1-3-5-7-9-11-12-13-14-15-16-17-18-20-24-28-32-38(41)46-34-37(35-47-49(43,44)45)48-39(42)33-29-25-21-23-27-31-36(40)30-26-22-19-10-8-6-4-2/h11-12,14-15,17-19,22,26,30,37H,3-10,13,16,20-21,23-25,27-29,31-35H2,1-2H3,(H2,43,44,45)/b12-11-,15-14-,18-17-,22-19-,30-26+/t37-/m1/s1. The Morgan fingerprint density at radius 2 is 1.10 bits per heavy atom. The summed E-state index contributed by atoms with van der Waals surface area (Å²) >= 11 is 0. The normalized spacial score (nSPS) is 13.1. The van der Waals surface area contributed by atoms with Gasteiger partial charge in [-0.3, -0.25) is 18.9 Å². The fraction of sp³-hybridized carbons (Fsp3) is 0.667. The van der Waals surface area contributed by atoms with Gasteiger partial charge >= 0.3 is 19.8 Å². The van der Waals surface area contributed by atoms with Crippen LogP contribution in [0.2, 0.25) is 0 Å². The number of ketones is 1. The monoisotopic (exact) mass is 708 g/mol. The van der Waals surface area contributed by atoms with Crippen molar-refractivity contribution in [3.63, 3.8) is 0 Å². The summed E-state index contributed by atoms with van der Waals surface area (Å²) in [6.45, 7) is 3.45. The maximum absolute atomic E-state index is 12.3. The topological polar surface area (TPSA) is 136 Å². The predicted molar refractivity (Wildman–Crippen MR) is 198 cm³/mol. The van der Waals surface area contributed by atoms with Gasteiger partial charge in [0.1, 0.15) is 6.61 Å². The van der Waals surface area contributed by atoms with Crippen LogP contribution in [0.1, 0.15) is 149 Å². The van der Waals surface area contributed by atoms with E-state index in [2.05, 4.69) is 60.9 Å². The summed E-state index contributed by atoms with van der Waals surface area (Å²) in [5.74, 6) is -0.923. The Labute approximate surface area is 296 Å². The third kappa shape index (κ3) is 36.5. The molecule has 0 fully saturated rings. The average Bonchev–Trinajstić information content (AvgIpc) is 3.06. The SMILES string of the molecule is CCCCC/C=C\C=C\C(=O)CCCCCCCC(=O)O[C@H](COC(=O)CCCC/C=C\C/C=C\C/C=C\CCCCC)COP(=O)(O)O. The number of carbonyl (C=O) groups excluding carboxylic acids is 3. The molecule has 0 aliphatic rings. The molecule has 10 heteroatoms. The lowest BCUT2D eigenvalue weighted by Gasteiger charge is -2.18. The summed E-state index contributed by atoms with van der Waals surface area (Å²) in [6.07, 6.45) is 37.6. The van der Waals surface area contributed by atoms with E-state index in [4.69, 9.17) is 19.3 Å². The lowest BCUT2D eigenvalue weighted by Crippen LogP contribution is -2.29. The Kier molecular flexibility index (Phi) is 32.1. The van der Waals surface area contributed by atoms with Gasteiger partial charge in [-0.25, -0.2) is 4.57 Å². The minimum atomic E-state index is -4.79. The van der Waals surface area contributed by atoms with E-state index in [9.17, 15) is 18.9 Å². The van der Waals surface area contributed by atoms with Gasteiger partial charge in [0, 0.05) is 19.3 Å². The first-order chi connectivity index (χ1) is 23.7. The van der Waals surface area contributed by atoms with E-state index in [0.717, 1.165) is 64.2 Å². The fourth-order valence-electron chi connectivity index (χ4n) is 4.65. The molecule has 0 spiro atoms. The van der Waals surface area contributed by atoms with Gasteiger partial charge < -0.3 is 19.3 Å². The first-order valence-corrected chi connectivity index (χ1v) is 20.1. The van der Waals surface area contributed by atoms with Crippen LogP contribution >= 0.6 is 7.82 Å². The van der Waals surface area contributed by atoms with Gasteiger partial charge in [0.15, 0.2) is 11.9 Å². The number of hydrogen-bond acceptors (Lipinski definition) is 7. The summed E-state index contributed by atoms with van der Waals surface area (Å²) in [5, 5.41) is 0. The van der Waals surface area contributed by atoms with E-state index in [1.54, 1.807) is 12.2 Å². The maximum atomic E-state index is 12.3. The Balaban J connectivity index is 4.16. The van der Waals surface area contributed by atoms with Crippen LogP contribution in [-0.4, -0.2) is 46.8 Å². The van der Waals surface area contributed by atoms with Crippen LogP contribution in [0, 0.1) is 0 Å². The summed E-state index contributed by atoms with van der Waals surface area (Å²) < 4.78 is 26.2. The van der Waals surface area contributed by atoms with Crippen LogP contribution < -0.4 is 0 Å². The van der Waals surface area contributed by atoms with Crippen molar-refractivity contribution in [1.82, 2.24) is 0 Å². The molecule has 0 aliphatic carbocycles. The summed E-state index contributed by atoms with van der Waals surface area (Å²) in [4.78, 5) is 54.6. The highest BCUT2D eigenvalue weighted by Gasteiger charge is 2.22. The minimum Gasteiger partial charge on any atom is -0.462 e. The van der Waals surface area contributed by atoms with Gasteiger partial charge in [-0.1, -0.05) is 113 Å². The highest BCUT2D eigenvalue weighted by molar-refractivity contribution is 7.46. The molecule has 2 N–H and O–H groups in total. The van der Waals surface area contributed by atoms with Crippen LogP contribution in [0.15, 0.2) is 60.8 Å². The number of carbonyl (C=O) groups is 3. The molecule has 0 bridgehead atoms. The molecule has 49 heavy (non-hydrogen) atoms. The average molecular weight is 709 g/mol. The number of allylic oxidation sites excluding steroid dienone is 10. The van der Waals surface area contributed by atoms with E-state index in [-0.39, 0.29) is 25.2 Å². The molecule has 0 radical (unpaired) electrons. The zero-order valence-electron chi connectivity index (χ0n) is 30.3. The molecule has 1 atom stereocenters. The van der Waals surface area contributed by atoms with Crippen molar-refractivity contribution in [2.75, 3.05) is 13.2 Å². The molecule has 0 saturated carbocycles. The van der Waals surface area contributed by atoms with Crippen molar-refractivity contribution in [1.29, 1.82) is 0 Å². The van der Waals surface area contributed by atoms with Gasteiger partial charge in [0.2, 0.25) is 0 Å². The van der Waals surface area contributed by atoms with Gasteiger partial charge in [-0.2, -0.15) is 0 Å². The van der Waals surface area contributed by atoms with E-state index in [0.29, 0.717) is 19.3 Å². The number of rotatable bonds is 33. The molecule has 0 saturated heterocycles. The molecule has 280 valence electrons. The minimum absolute atomic E-state index is 0.106. The van der Waals surface area contributed by atoms with Crippen LogP contribution in [0.4, 0.5) is 0 Å². The fourth-order valence-corrected chi connectivity index (χ4v) is 5.01. The second-order valence-electron chi connectivity index (χ2n) is 12.2. The number of phosphoric acid groups is 1. The largest absolute Gasteiger partial charge is 0.469 e. The molecule has 0 rings (SSSR count). The molecule has 0 aliphatic heterocycles. The van der Waals surface area contributed by atoms with Crippen molar-refractivity contribution in [2.45, 2.75) is 155 Å². The summed E-state index contributed by atoms with van der Waals surface area (Å²) in [7, 11) is -4.79. The van der Waals surface area contributed by atoms with Gasteiger partial charge in [-0.05, 0) is 76.7 Å². The number of esters is 2. The predicted octanol–water partition coefficient (Wildman–Crippen LogP) is 10.1. The van der Waals surface area contributed by atoms with Crippen molar-refractivity contribution >= 4 is 25.5 Å². The van der Waals surface area contributed by atoms with E-state index >= 15 is 0 Å². The molecule has 0 unspecified atom stereocenters. The van der Waals surface area contributed by atoms with E-state index < -0.39 is 32.5 Å². The second kappa shape index (κ2) is 33.9. The molecule has 0 aromatic heterocycles. The Morgan fingerprint density at radius 1 is 0.592 bits per heavy atom. The summed E-state index contributed by atoms with van der Waals surface area (Å²) in [6, 6.07) is 0. The molecular formula is C39H65O9P. The van der Waals surface area contributed by atoms with Crippen LogP contribution in [0.25, 0.3) is 0 Å². The van der Waals surface area contributed by atoms with Gasteiger partial charge in [0.25, 0.3) is 0 Å². The van der Waals surface area contributed by atoms with Crippen molar-refractivity contribution in [3.05, 3.63) is 60.8 Å². The number of unbranched alkanes of at least 4 members (excludes halogenated alkanes) is 12. The Morgan fingerprint density at radius 3 is 1.71 bits per heavy atom. The van der Waals surface area contributed by atoms with Crippen molar-refractivity contribution < 1.29 is 42.7 Å². The third-order valence-electron chi connectivity index (χ3n) is 7.49. The smallest absolute Gasteiger partial charge is 0.462 e. The first kappa shape index (κ1) is 46.4. The first-order valence-electron chi connectivity index (χ1n) is 18.5. The van der Waals surface area contributed by atoms with Crippen LogP contribution in [0.5, 0.6) is 0 Å². The number of phosphoric ester groups is 1. The quantitative estimate of drug-likeness (QED) is 0.0170. The van der Waals surface area contributed by atoms with Crippen LogP contribution in [-0.2, 0) is 32.9 Å². The molecule has 9 nitrogen and oxygen atoms in total. The molecular weight excluding hydrogens is 643 g/mol. The van der Waals surface area contributed by atoms with E-state index in [1.807, 2.05) is 6.08 Å². The Bertz CT molecular complexity index is 1040.